The van der Waals surface area contributed by atoms with Crippen LogP contribution in [0.2, 0.25) is 0 Å². The van der Waals surface area contributed by atoms with Gasteiger partial charge in [0.1, 0.15) is 23.9 Å². The fraction of sp³-hybridized carbons (Fsp3) is 0.483. The van der Waals surface area contributed by atoms with E-state index in [9.17, 15) is 19.5 Å². The second kappa shape index (κ2) is 13.7. The van der Waals surface area contributed by atoms with Crippen LogP contribution in [0.3, 0.4) is 0 Å². The number of para-hydroxylation sites is 2. The van der Waals surface area contributed by atoms with Crippen molar-refractivity contribution in [3.05, 3.63) is 59.2 Å². The quantitative estimate of drug-likeness (QED) is 0.339. The first-order valence-corrected chi connectivity index (χ1v) is 12.9. The van der Waals surface area contributed by atoms with Gasteiger partial charge in [-0.3, -0.25) is 9.59 Å². The Labute approximate surface area is 220 Å². The van der Waals surface area contributed by atoms with E-state index in [0.29, 0.717) is 17.7 Å². The number of aryl methyl sites for hydroxylation is 2. The number of carbonyl (C=O) groups excluding carboxylic acids is 3. The third-order valence-corrected chi connectivity index (χ3v) is 5.88. The second-order valence-electron chi connectivity index (χ2n) is 10.2. The molecule has 0 radical (unpaired) electrons. The number of ether oxygens (including phenoxy) is 1. The van der Waals surface area contributed by atoms with Crippen LogP contribution < -0.4 is 10.6 Å². The van der Waals surface area contributed by atoms with E-state index >= 15 is 0 Å². The van der Waals surface area contributed by atoms with E-state index in [0.717, 1.165) is 30.4 Å². The normalized spacial score (nSPS) is 11.9. The number of phenols is 1. The van der Waals surface area contributed by atoms with Crippen molar-refractivity contribution in [1.29, 1.82) is 0 Å². The summed E-state index contributed by atoms with van der Waals surface area (Å²) in [7, 11) is 0. The van der Waals surface area contributed by atoms with Gasteiger partial charge in [0.15, 0.2) is 0 Å². The number of benzene rings is 2. The molecule has 1 atom stereocenters. The molecule has 0 saturated heterocycles. The number of rotatable bonds is 11. The minimum atomic E-state index is -1.10. The Hall–Kier alpha value is -3.55. The molecule has 0 saturated carbocycles. The van der Waals surface area contributed by atoms with Gasteiger partial charge in [0.05, 0.1) is 0 Å². The van der Waals surface area contributed by atoms with Gasteiger partial charge in [0, 0.05) is 17.8 Å². The smallest absolute Gasteiger partial charge is 0.408 e. The lowest BCUT2D eigenvalue weighted by Gasteiger charge is -2.32. The Morgan fingerprint density at radius 3 is 2.22 bits per heavy atom. The van der Waals surface area contributed by atoms with Gasteiger partial charge >= 0.3 is 6.09 Å². The SMILES string of the molecule is CCCCCCN(C(=O)CNC(=O)OC(C)(C)C)C(C(=O)Nc1c(C)cccc1C)c1ccccc1O. The molecule has 0 aliphatic rings. The lowest BCUT2D eigenvalue weighted by Crippen LogP contribution is -2.47. The molecule has 2 rings (SSSR count). The van der Waals surface area contributed by atoms with Gasteiger partial charge < -0.3 is 25.4 Å². The van der Waals surface area contributed by atoms with Crippen LogP contribution in [0.1, 0.15) is 76.1 Å². The molecule has 3 N–H and O–H groups in total. The molecule has 8 nitrogen and oxygen atoms in total. The number of amides is 3. The van der Waals surface area contributed by atoms with Gasteiger partial charge in [-0.05, 0) is 58.2 Å². The van der Waals surface area contributed by atoms with Crippen LogP contribution in [-0.2, 0) is 14.3 Å². The van der Waals surface area contributed by atoms with Gasteiger partial charge in [0.2, 0.25) is 5.91 Å². The highest BCUT2D eigenvalue weighted by atomic mass is 16.6. The first-order chi connectivity index (χ1) is 17.4. The molecule has 0 aliphatic heterocycles. The average molecular weight is 512 g/mol. The van der Waals surface area contributed by atoms with Crippen molar-refractivity contribution >= 4 is 23.6 Å². The van der Waals surface area contributed by atoms with E-state index < -0.39 is 29.6 Å². The van der Waals surface area contributed by atoms with Crippen molar-refractivity contribution in [3.63, 3.8) is 0 Å². The summed E-state index contributed by atoms with van der Waals surface area (Å²) >= 11 is 0. The zero-order valence-electron chi connectivity index (χ0n) is 22.9. The molecule has 0 aromatic heterocycles. The van der Waals surface area contributed by atoms with Crippen molar-refractivity contribution in [3.8, 4) is 5.75 Å². The molecule has 37 heavy (non-hydrogen) atoms. The van der Waals surface area contributed by atoms with Crippen molar-refractivity contribution in [1.82, 2.24) is 10.2 Å². The van der Waals surface area contributed by atoms with Crippen molar-refractivity contribution < 1.29 is 24.2 Å². The largest absolute Gasteiger partial charge is 0.508 e. The van der Waals surface area contributed by atoms with Crippen LogP contribution >= 0.6 is 0 Å². The Kier molecular flexibility index (Phi) is 11.0. The lowest BCUT2D eigenvalue weighted by molar-refractivity contribution is -0.138. The standard InChI is InChI=1S/C29H41N3O5/c1-7-8-9-12-18-32(24(34)19-30-28(36)37-29(4,5)6)26(22-16-10-11-17-23(22)33)27(35)31-25-20(2)14-13-15-21(25)3/h10-11,13-17,26,33H,7-9,12,18-19H2,1-6H3,(H,30,36)(H,31,35). The van der Waals surface area contributed by atoms with Gasteiger partial charge in [-0.1, -0.05) is 62.6 Å². The number of unbranched alkanes of at least 4 members (excludes halogenated alkanes) is 3. The van der Waals surface area contributed by atoms with E-state index in [1.807, 2.05) is 32.0 Å². The van der Waals surface area contributed by atoms with Crippen LogP contribution in [-0.4, -0.2) is 46.6 Å². The van der Waals surface area contributed by atoms with E-state index in [2.05, 4.69) is 17.6 Å². The molecule has 1 unspecified atom stereocenters. The number of anilines is 1. The number of hydrogen-bond acceptors (Lipinski definition) is 5. The van der Waals surface area contributed by atoms with Gasteiger partial charge in [0.25, 0.3) is 5.91 Å². The topological polar surface area (TPSA) is 108 Å². The number of carbonyl (C=O) groups is 3. The highest BCUT2D eigenvalue weighted by Crippen LogP contribution is 2.31. The van der Waals surface area contributed by atoms with Crippen LogP contribution in [0.4, 0.5) is 10.5 Å². The van der Waals surface area contributed by atoms with Crippen molar-refractivity contribution in [2.45, 2.75) is 78.9 Å². The predicted molar refractivity (Wildman–Crippen MR) is 145 cm³/mol. The summed E-state index contributed by atoms with van der Waals surface area (Å²) in [6.07, 6.45) is 2.85. The molecule has 2 aromatic rings. The third kappa shape index (κ3) is 9.12. The van der Waals surface area contributed by atoms with E-state index in [1.54, 1.807) is 39.0 Å². The van der Waals surface area contributed by atoms with Crippen molar-refractivity contribution in [2.75, 3.05) is 18.4 Å². The summed E-state index contributed by atoms with van der Waals surface area (Å²) in [4.78, 5) is 40.9. The van der Waals surface area contributed by atoms with Crippen LogP contribution in [0, 0.1) is 13.8 Å². The van der Waals surface area contributed by atoms with E-state index in [-0.39, 0.29) is 18.8 Å². The minimum Gasteiger partial charge on any atom is -0.508 e. The Balaban J connectivity index is 2.41. The molecular weight excluding hydrogens is 470 g/mol. The maximum absolute atomic E-state index is 13.8. The van der Waals surface area contributed by atoms with Crippen molar-refractivity contribution in [2.24, 2.45) is 0 Å². The fourth-order valence-corrected chi connectivity index (χ4v) is 4.04. The number of nitrogens with zero attached hydrogens (tertiary/aromatic N) is 1. The molecule has 0 heterocycles. The molecule has 0 aliphatic carbocycles. The monoisotopic (exact) mass is 511 g/mol. The summed E-state index contributed by atoms with van der Waals surface area (Å²) < 4.78 is 5.26. The summed E-state index contributed by atoms with van der Waals surface area (Å²) in [5, 5.41) is 16.2. The molecule has 0 bridgehead atoms. The molecule has 3 amide bonds. The zero-order chi connectivity index (χ0) is 27.6. The second-order valence-corrected chi connectivity index (χ2v) is 10.2. The summed E-state index contributed by atoms with van der Waals surface area (Å²) in [6, 6.07) is 11.1. The van der Waals surface area contributed by atoms with Gasteiger partial charge in [-0.2, -0.15) is 0 Å². The zero-order valence-corrected chi connectivity index (χ0v) is 22.9. The molecule has 8 heteroatoms. The summed E-state index contributed by atoms with van der Waals surface area (Å²) in [5.41, 5.74) is 2.04. The molecule has 202 valence electrons. The van der Waals surface area contributed by atoms with Crippen LogP contribution in [0.25, 0.3) is 0 Å². The van der Waals surface area contributed by atoms with E-state index in [1.165, 1.54) is 11.0 Å². The lowest BCUT2D eigenvalue weighted by atomic mass is 10.0. The molecule has 0 fully saturated rings. The Morgan fingerprint density at radius 1 is 0.973 bits per heavy atom. The Morgan fingerprint density at radius 2 is 1.62 bits per heavy atom. The number of nitrogens with one attached hydrogen (secondary N) is 2. The first-order valence-electron chi connectivity index (χ1n) is 12.9. The highest BCUT2D eigenvalue weighted by molar-refractivity contribution is 5.99. The minimum absolute atomic E-state index is 0.0874. The third-order valence-electron chi connectivity index (χ3n) is 5.88. The maximum Gasteiger partial charge on any atom is 0.408 e. The highest BCUT2D eigenvalue weighted by Gasteiger charge is 2.33. The Bertz CT molecular complexity index is 1060. The van der Waals surface area contributed by atoms with E-state index in [4.69, 9.17) is 4.74 Å². The number of phenolic OH excluding ortho intramolecular Hbond substituents is 1. The maximum atomic E-state index is 13.8. The first kappa shape index (κ1) is 29.7. The van der Waals surface area contributed by atoms with Crippen LogP contribution in [0.15, 0.2) is 42.5 Å². The molecule has 0 spiro atoms. The molecule has 2 aromatic carbocycles. The van der Waals surface area contributed by atoms with Crippen LogP contribution in [0.5, 0.6) is 5.75 Å². The number of alkyl carbamates (subject to hydrolysis) is 1. The predicted octanol–water partition coefficient (Wildman–Crippen LogP) is 5.62. The number of hydrogen-bond donors (Lipinski definition) is 3. The van der Waals surface area contributed by atoms with Gasteiger partial charge in [-0.25, -0.2) is 4.79 Å². The fourth-order valence-electron chi connectivity index (χ4n) is 4.04. The summed E-state index contributed by atoms with van der Waals surface area (Å²) in [6.45, 7) is 11.0. The summed E-state index contributed by atoms with van der Waals surface area (Å²) in [5.74, 6) is -0.983. The molecular formula is C29H41N3O5. The average Bonchev–Trinajstić information content (AvgIpc) is 2.81. The number of aromatic hydroxyl groups is 1. The van der Waals surface area contributed by atoms with Gasteiger partial charge in [-0.15, -0.1) is 0 Å².